The Labute approximate surface area is 202 Å². The number of nitrogens with zero attached hydrogens (tertiary/aromatic N) is 1. The average molecular weight is 476 g/mol. The molecule has 0 aliphatic carbocycles. The fourth-order valence-corrected chi connectivity index (χ4v) is 4.14. The highest BCUT2D eigenvalue weighted by atomic mass is 32.1. The van der Waals surface area contributed by atoms with Crippen LogP contribution in [-0.2, 0) is 14.3 Å². The fourth-order valence-electron chi connectivity index (χ4n) is 3.83. The van der Waals surface area contributed by atoms with Crippen LogP contribution in [0.5, 0.6) is 0 Å². The molecule has 1 atom stereocenters. The molecule has 0 bridgehead atoms. The first-order chi connectivity index (χ1) is 15.9. The number of hydrogen-bond donors (Lipinski definition) is 2. The predicted molar refractivity (Wildman–Crippen MR) is 133 cm³/mol. The van der Waals surface area contributed by atoms with Crippen LogP contribution in [-0.4, -0.2) is 53.5 Å². The lowest BCUT2D eigenvalue weighted by Crippen LogP contribution is -2.60. The molecule has 182 valence electrons. The summed E-state index contributed by atoms with van der Waals surface area (Å²) in [5.41, 5.74) is 1.45. The number of piperazine rings is 1. The van der Waals surface area contributed by atoms with Crippen molar-refractivity contribution in [3.63, 3.8) is 0 Å². The zero-order valence-electron chi connectivity index (χ0n) is 19.9. The second kappa shape index (κ2) is 14.6. The topological polar surface area (TPSA) is 87.7 Å². The van der Waals surface area contributed by atoms with Gasteiger partial charge in [0, 0.05) is 18.7 Å². The van der Waals surface area contributed by atoms with Crippen molar-refractivity contribution in [2.24, 2.45) is 0 Å². The third-order valence-electron chi connectivity index (χ3n) is 5.71. The summed E-state index contributed by atoms with van der Waals surface area (Å²) in [4.78, 5) is 38.9. The molecule has 1 saturated heterocycles. The van der Waals surface area contributed by atoms with Crippen molar-refractivity contribution in [1.82, 2.24) is 15.5 Å². The zero-order valence-corrected chi connectivity index (χ0v) is 20.7. The standard InChI is InChI=1S/C25H37N3O4S/c1-3-4-5-6-7-8-9-10-16-32-22(29)18-21-24(31)26-14-15-28(21)25(33)27-23(30)20-13-11-12-19(2)17-20/h11-13,17,21H,3-10,14-16,18H2,1-2H3,(H,26,31)(H,27,30,33). The quantitative estimate of drug-likeness (QED) is 0.271. The van der Waals surface area contributed by atoms with Crippen LogP contribution in [0.3, 0.4) is 0 Å². The molecule has 7 nitrogen and oxygen atoms in total. The van der Waals surface area contributed by atoms with E-state index in [1.165, 1.54) is 32.1 Å². The molecule has 2 rings (SSSR count). The number of unbranched alkanes of at least 4 members (excludes halogenated alkanes) is 7. The van der Waals surface area contributed by atoms with E-state index in [0.29, 0.717) is 25.3 Å². The Morgan fingerprint density at radius 2 is 1.85 bits per heavy atom. The molecule has 1 aromatic carbocycles. The van der Waals surface area contributed by atoms with Crippen molar-refractivity contribution >= 4 is 35.1 Å². The first kappa shape index (κ1) is 26.8. The molecule has 1 aliphatic rings. The van der Waals surface area contributed by atoms with Gasteiger partial charge in [-0.3, -0.25) is 19.7 Å². The molecule has 1 heterocycles. The fraction of sp³-hybridized carbons (Fsp3) is 0.600. The van der Waals surface area contributed by atoms with Gasteiger partial charge in [-0.15, -0.1) is 0 Å². The van der Waals surface area contributed by atoms with Crippen LogP contribution in [0.4, 0.5) is 0 Å². The highest BCUT2D eigenvalue weighted by Crippen LogP contribution is 2.13. The van der Waals surface area contributed by atoms with E-state index in [-0.39, 0.29) is 23.3 Å². The van der Waals surface area contributed by atoms with E-state index in [4.69, 9.17) is 17.0 Å². The predicted octanol–water partition coefficient (Wildman–Crippen LogP) is 3.88. The number of carbonyl (C=O) groups is 3. The number of aryl methyl sites for hydroxylation is 1. The first-order valence-electron chi connectivity index (χ1n) is 12.0. The second-order valence-corrected chi connectivity index (χ2v) is 8.92. The van der Waals surface area contributed by atoms with Gasteiger partial charge in [0.15, 0.2) is 5.11 Å². The average Bonchev–Trinajstić information content (AvgIpc) is 2.79. The molecule has 0 saturated carbocycles. The van der Waals surface area contributed by atoms with Crippen molar-refractivity contribution in [1.29, 1.82) is 0 Å². The highest BCUT2D eigenvalue weighted by Gasteiger charge is 2.34. The van der Waals surface area contributed by atoms with E-state index in [1.54, 1.807) is 23.1 Å². The molecule has 0 radical (unpaired) electrons. The summed E-state index contributed by atoms with van der Waals surface area (Å²) in [6, 6.07) is 6.37. The van der Waals surface area contributed by atoms with Crippen LogP contribution in [0.2, 0.25) is 0 Å². The van der Waals surface area contributed by atoms with Gasteiger partial charge in [-0.05, 0) is 37.7 Å². The van der Waals surface area contributed by atoms with Gasteiger partial charge < -0.3 is 15.0 Å². The van der Waals surface area contributed by atoms with Gasteiger partial charge in [0.05, 0.1) is 13.0 Å². The number of esters is 1. The van der Waals surface area contributed by atoms with Gasteiger partial charge in [-0.25, -0.2) is 0 Å². The summed E-state index contributed by atoms with van der Waals surface area (Å²) in [5, 5.41) is 5.58. The monoisotopic (exact) mass is 475 g/mol. The third kappa shape index (κ3) is 9.50. The maximum Gasteiger partial charge on any atom is 0.308 e. The van der Waals surface area contributed by atoms with Gasteiger partial charge in [-0.2, -0.15) is 0 Å². The molecule has 0 aromatic heterocycles. The maximum absolute atomic E-state index is 12.5. The minimum Gasteiger partial charge on any atom is -0.466 e. The largest absolute Gasteiger partial charge is 0.466 e. The number of hydrogen-bond acceptors (Lipinski definition) is 5. The van der Waals surface area contributed by atoms with Crippen molar-refractivity contribution < 1.29 is 19.1 Å². The van der Waals surface area contributed by atoms with Crippen LogP contribution >= 0.6 is 12.2 Å². The number of nitrogens with one attached hydrogen (secondary N) is 2. The van der Waals surface area contributed by atoms with E-state index in [1.807, 2.05) is 13.0 Å². The molecule has 8 heteroatoms. The molecular formula is C25H37N3O4S. The molecule has 1 aliphatic heterocycles. The Morgan fingerprint density at radius 3 is 2.55 bits per heavy atom. The van der Waals surface area contributed by atoms with E-state index < -0.39 is 12.0 Å². The summed E-state index contributed by atoms with van der Waals surface area (Å²) in [6.45, 7) is 5.27. The Bertz CT molecular complexity index is 815. The number of rotatable bonds is 12. The lowest BCUT2D eigenvalue weighted by atomic mass is 10.1. The lowest BCUT2D eigenvalue weighted by molar-refractivity contribution is -0.147. The van der Waals surface area contributed by atoms with Crippen LogP contribution in [0.25, 0.3) is 0 Å². The summed E-state index contributed by atoms with van der Waals surface area (Å²) >= 11 is 5.40. The minimum atomic E-state index is -0.796. The van der Waals surface area contributed by atoms with Crippen LogP contribution in [0.1, 0.15) is 80.6 Å². The van der Waals surface area contributed by atoms with Gasteiger partial charge in [0.25, 0.3) is 5.91 Å². The molecule has 0 spiro atoms. The summed E-state index contributed by atoms with van der Waals surface area (Å²) in [5.74, 6) is -1.07. The molecule has 1 aromatic rings. The van der Waals surface area contributed by atoms with Crippen LogP contribution in [0, 0.1) is 6.92 Å². The maximum atomic E-state index is 12.5. The Morgan fingerprint density at radius 1 is 1.15 bits per heavy atom. The Kier molecular flexibility index (Phi) is 11.9. The van der Waals surface area contributed by atoms with Crippen molar-refractivity contribution in [3.8, 4) is 0 Å². The number of thiocarbonyl (C=S) groups is 1. The second-order valence-electron chi connectivity index (χ2n) is 8.53. The van der Waals surface area contributed by atoms with E-state index >= 15 is 0 Å². The molecule has 2 N–H and O–H groups in total. The molecular weight excluding hydrogens is 438 g/mol. The molecule has 1 unspecified atom stereocenters. The number of amides is 2. The van der Waals surface area contributed by atoms with Crippen molar-refractivity contribution in [2.45, 2.75) is 77.7 Å². The summed E-state index contributed by atoms with van der Waals surface area (Å²) < 4.78 is 5.35. The van der Waals surface area contributed by atoms with Gasteiger partial charge in [-0.1, -0.05) is 69.6 Å². The number of carbonyl (C=O) groups excluding carboxylic acids is 3. The van der Waals surface area contributed by atoms with E-state index in [2.05, 4.69) is 17.6 Å². The third-order valence-corrected chi connectivity index (χ3v) is 6.05. The SMILES string of the molecule is CCCCCCCCCCOC(=O)CC1C(=O)NCCN1C(=S)NC(=O)c1cccc(C)c1. The Hall–Kier alpha value is -2.48. The smallest absolute Gasteiger partial charge is 0.308 e. The number of benzene rings is 1. The summed E-state index contributed by atoms with van der Waals surface area (Å²) in [7, 11) is 0. The van der Waals surface area contributed by atoms with Crippen LogP contribution < -0.4 is 10.6 Å². The summed E-state index contributed by atoms with van der Waals surface area (Å²) in [6.07, 6.45) is 9.21. The van der Waals surface area contributed by atoms with Crippen LogP contribution in [0.15, 0.2) is 24.3 Å². The van der Waals surface area contributed by atoms with Gasteiger partial charge in [0.2, 0.25) is 5.91 Å². The number of ether oxygens (including phenoxy) is 1. The Balaban J connectivity index is 1.78. The van der Waals surface area contributed by atoms with Crippen molar-refractivity contribution in [3.05, 3.63) is 35.4 Å². The molecule has 2 amide bonds. The van der Waals surface area contributed by atoms with E-state index in [0.717, 1.165) is 24.8 Å². The minimum absolute atomic E-state index is 0.108. The normalized spacial score (nSPS) is 15.6. The van der Waals surface area contributed by atoms with Crippen molar-refractivity contribution in [2.75, 3.05) is 19.7 Å². The molecule has 33 heavy (non-hydrogen) atoms. The zero-order chi connectivity index (χ0) is 24.1. The van der Waals surface area contributed by atoms with Gasteiger partial charge >= 0.3 is 5.97 Å². The highest BCUT2D eigenvalue weighted by molar-refractivity contribution is 7.80. The van der Waals surface area contributed by atoms with Gasteiger partial charge in [0.1, 0.15) is 6.04 Å². The first-order valence-corrected chi connectivity index (χ1v) is 12.4. The molecule has 1 fully saturated rings. The van der Waals surface area contributed by atoms with E-state index in [9.17, 15) is 14.4 Å². The lowest BCUT2D eigenvalue weighted by Gasteiger charge is -2.36.